The molecule has 4 heteroatoms. The summed E-state index contributed by atoms with van der Waals surface area (Å²) in [4.78, 5) is 7.84. The Labute approximate surface area is 105 Å². The fourth-order valence-corrected chi connectivity index (χ4v) is 2.02. The largest absolute Gasteiger partial charge is 0.344 e. The fourth-order valence-electron chi connectivity index (χ4n) is 2.02. The van der Waals surface area contributed by atoms with Crippen LogP contribution in [0.15, 0.2) is 24.3 Å². The summed E-state index contributed by atoms with van der Waals surface area (Å²) in [6.07, 6.45) is 2.54. The van der Waals surface area contributed by atoms with Crippen LogP contribution < -0.4 is 5.32 Å². The van der Waals surface area contributed by atoms with Crippen molar-refractivity contribution in [1.82, 2.24) is 15.3 Å². The van der Waals surface area contributed by atoms with Crippen molar-refractivity contribution in [3.63, 3.8) is 0 Å². The van der Waals surface area contributed by atoms with Crippen molar-refractivity contribution < 1.29 is 4.39 Å². The van der Waals surface area contributed by atoms with Gasteiger partial charge in [0.25, 0.3) is 0 Å². The number of benzene rings is 1. The normalized spacial score (nSPS) is 15.0. The van der Waals surface area contributed by atoms with E-state index in [0.717, 1.165) is 29.3 Å². The molecular weight excluding hydrogens is 229 g/mol. The number of hydrogen-bond donors (Lipinski definition) is 2. The van der Waals surface area contributed by atoms with E-state index in [4.69, 9.17) is 0 Å². The summed E-state index contributed by atoms with van der Waals surface area (Å²) in [5.74, 6) is 0.723. The number of aromatic amines is 1. The van der Waals surface area contributed by atoms with Gasteiger partial charge in [-0.25, -0.2) is 9.37 Å². The molecular formula is C14H16FN3. The monoisotopic (exact) mass is 245 g/mol. The minimum atomic E-state index is -0.220. The maximum atomic E-state index is 12.9. The molecule has 0 atom stereocenters. The molecule has 1 aliphatic carbocycles. The van der Waals surface area contributed by atoms with Gasteiger partial charge in [-0.05, 0) is 44.0 Å². The van der Waals surface area contributed by atoms with E-state index in [2.05, 4.69) is 15.3 Å². The lowest BCUT2D eigenvalue weighted by Gasteiger charge is -1.98. The van der Waals surface area contributed by atoms with Gasteiger partial charge in [0.1, 0.15) is 11.6 Å². The number of aromatic nitrogens is 2. The lowest BCUT2D eigenvalue weighted by Crippen LogP contribution is -2.16. The quantitative estimate of drug-likeness (QED) is 0.869. The molecule has 1 aliphatic rings. The van der Waals surface area contributed by atoms with Gasteiger partial charge in [0.2, 0.25) is 0 Å². The molecule has 3 rings (SSSR count). The first-order valence-electron chi connectivity index (χ1n) is 6.27. The van der Waals surface area contributed by atoms with Crippen LogP contribution >= 0.6 is 0 Å². The van der Waals surface area contributed by atoms with Crippen molar-refractivity contribution in [2.45, 2.75) is 32.4 Å². The number of halogens is 1. The molecule has 1 saturated carbocycles. The molecule has 0 radical (unpaired) electrons. The average molecular weight is 245 g/mol. The van der Waals surface area contributed by atoms with Crippen LogP contribution in [-0.4, -0.2) is 16.0 Å². The van der Waals surface area contributed by atoms with E-state index in [9.17, 15) is 4.39 Å². The third-order valence-corrected chi connectivity index (χ3v) is 3.19. The van der Waals surface area contributed by atoms with Crippen molar-refractivity contribution in [2.24, 2.45) is 0 Å². The van der Waals surface area contributed by atoms with Gasteiger partial charge in [-0.2, -0.15) is 0 Å². The van der Waals surface area contributed by atoms with E-state index in [-0.39, 0.29) is 5.82 Å². The molecule has 1 heterocycles. The summed E-state index contributed by atoms with van der Waals surface area (Å²) in [5, 5.41) is 3.42. The van der Waals surface area contributed by atoms with Crippen LogP contribution in [0.5, 0.6) is 0 Å². The number of H-pyrrole nitrogens is 1. The van der Waals surface area contributed by atoms with Gasteiger partial charge in [0.05, 0.1) is 12.2 Å². The molecule has 1 fully saturated rings. The molecule has 3 nitrogen and oxygen atoms in total. The zero-order valence-corrected chi connectivity index (χ0v) is 10.3. The fraction of sp³-hybridized carbons (Fsp3) is 0.357. The van der Waals surface area contributed by atoms with E-state index in [1.54, 1.807) is 12.1 Å². The van der Waals surface area contributed by atoms with Crippen LogP contribution in [0, 0.1) is 12.7 Å². The number of imidazole rings is 1. The third kappa shape index (κ3) is 2.43. The zero-order chi connectivity index (χ0) is 12.5. The van der Waals surface area contributed by atoms with E-state index in [1.807, 2.05) is 6.92 Å². The second-order valence-electron chi connectivity index (χ2n) is 4.82. The molecule has 0 unspecified atom stereocenters. The van der Waals surface area contributed by atoms with Gasteiger partial charge >= 0.3 is 0 Å². The Kier molecular flexibility index (Phi) is 2.88. The second kappa shape index (κ2) is 4.53. The summed E-state index contributed by atoms with van der Waals surface area (Å²) in [6.45, 7) is 2.76. The molecule has 0 bridgehead atoms. The van der Waals surface area contributed by atoms with Crippen molar-refractivity contribution in [2.75, 3.05) is 0 Å². The summed E-state index contributed by atoms with van der Waals surface area (Å²) in [5.41, 5.74) is 2.87. The van der Waals surface area contributed by atoms with Gasteiger partial charge in [-0.15, -0.1) is 0 Å². The van der Waals surface area contributed by atoms with E-state index in [1.165, 1.54) is 25.0 Å². The highest BCUT2D eigenvalue weighted by Crippen LogP contribution is 2.22. The van der Waals surface area contributed by atoms with Gasteiger partial charge in [0, 0.05) is 17.3 Å². The maximum absolute atomic E-state index is 12.9. The number of aryl methyl sites for hydroxylation is 1. The van der Waals surface area contributed by atoms with Crippen molar-refractivity contribution in [3.8, 4) is 11.3 Å². The average Bonchev–Trinajstić information content (AvgIpc) is 3.12. The topological polar surface area (TPSA) is 40.7 Å². The first-order chi connectivity index (χ1) is 8.72. The second-order valence-corrected chi connectivity index (χ2v) is 4.82. The van der Waals surface area contributed by atoms with Crippen LogP contribution in [0.1, 0.15) is 24.4 Å². The molecule has 1 aromatic carbocycles. The Bertz CT molecular complexity index is 541. The summed E-state index contributed by atoms with van der Waals surface area (Å²) >= 11 is 0. The molecule has 0 aliphatic heterocycles. The Morgan fingerprint density at radius 3 is 2.72 bits per heavy atom. The highest BCUT2D eigenvalue weighted by molar-refractivity contribution is 5.61. The van der Waals surface area contributed by atoms with E-state index in [0.29, 0.717) is 6.04 Å². The number of hydrogen-bond acceptors (Lipinski definition) is 2. The number of nitrogens with zero attached hydrogens (tertiary/aromatic N) is 1. The lowest BCUT2D eigenvalue weighted by molar-refractivity contribution is 0.628. The maximum Gasteiger partial charge on any atom is 0.123 e. The zero-order valence-electron chi connectivity index (χ0n) is 10.3. The predicted molar refractivity (Wildman–Crippen MR) is 68.6 cm³/mol. The Hall–Kier alpha value is -1.68. The molecule has 94 valence electrons. The van der Waals surface area contributed by atoms with Crippen molar-refractivity contribution in [1.29, 1.82) is 0 Å². The number of nitrogens with one attached hydrogen (secondary N) is 2. The lowest BCUT2D eigenvalue weighted by atomic mass is 10.1. The van der Waals surface area contributed by atoms with Crippen LogP contribution in [-0.2, 0) is 6.54 Å². The van der Waals surface area contributed by atoms with Crippen LogP contribution in [0.25, 0.3) is 11.3 Å². The van der Waals surface area contributed by atoms with Gasteiger partial charge in [-0.3, -0.25) is 0 Å². The highest BCUT2D eigenvalue weighted by atomic mass is 19.1. The van der Waals surface area contributed by atoms with Gasteiger partial charge in [0.15, 0.2) is 0 Å². The van der Waals surface area contributed by atoms with Gasteiger partial charge in [-0.1, -0.05) is 0 Å². The smallest absolute Gasteiger partial charge is 0.123 e. The van der Waals surface area contributed by atoms with E-state index >= 15 is 0 Å². The highest BCUT2D eigenvalue weighted by Gasteiger charge is 2.20. The molecule has 1 aromatic heterocycles. The SMILES string of the molecule is Cc1[nH]c(CNC2CC2)nc1-c1ccc(F)cc1. The molecule has 0 amide bonds. The first kappa shape index (κ1) is 11.4. The van der Waals surface area contributed by atoms with Crippen LogP contribution in [0.3, 0.4) is 0 Å². The first-order valence-corrected chi connectivity index (χ1v) is 6.27. The van der Waals surface area contributed by atoms with Gasteiger partial charge < -0.3 is 10.3 Å². The standard InChI is InChI=1S/C14H16FN3/c1-9-14(10-2-4-11(15)5-3-10)18-13(17-9)8-16-12-6-7-12/h2-5,12,16H,6-8H2,1H3,(H,17,18). The van der Waals surface area contributed by atoms with Crippen LogP contribution in [0.2, 0.25) is 0 Å². The minimum Gasteiger partial charge on any atom is -0.344 e. The van der Waals surface area contributed by atoms with Crippen LogP contribution in [0.4, 0.5) is 4.39 Å². The Morgan fingerprint density at radius 1 is 1.33 bits per heavy atom. The molecule has 0 spiro atoms. The predicted octanol–water partition coefficient (Wildman–Crippen LogP) is 2.78. The molecule has 18 heavy (non-hydrogen) atoms. The third-order valence-electron chi connectivity index (χ3n) is 3.19. The summed E-state index contributed by atoms with van der Waals surface area (Å²) in [7, 11) is 0. The number of rotatable bonds is 4. The molecule has 0 saturated heterocycles. The minimum absolute atomic E-state index is 0.220. The molecule has 2 N–H and O–H groups in total. The van der Waals surface area contributed by atoms with Crippen molar-refractivity contribution >= 4 is 0 Å². The summed E-state index contributed by atoms with van der Waals surface area (Å²) < 4.78 is 12.9. The van der Waals surface area contributed by atoms with Crippen molar-refractivity contribution in [3.05, 3.63) is 41.6 Å². The Morgan fingerprint density at radius 2 is 2.06 bits per heavy atom. The molecule has 2 aromatic rings. The van der Waals surface area contributed by atoms with E-state index < -0.39 is 0 Å². The summed E-state index contributed by atoms with van der Waals surface area (Å²) in [6, 6.07) is 7.12. The Balaban J connectivity index is 1.80.